The van der Waals surface area contributed by atoms with Gasteiger partial charge in [0, 0.05) is 19.1 Å². The van der Waals surface area contributed by atoms with Crippen molar-refractivity contribution in [2.75, 3.05) is 23.3 Å². The summed E-state index contributed by atoms with van der Waals surface area (Å²) in [5.41, 5.74) is 0. The second kappa shape index (κ2) is 6.72. The largest absolute Gasteiger partial charge is 0.461 e. The lowest BCUT2D eigenvalue weighted by molar-refractivity contribution is 0.222. The first-order valence-corrected chi connectivity index (χ1v) is 7.57. The predicted molar refractivity (Wildman–Crippen MR) is 80.4 cm³/mol. The molecule has 1 fully saturated rings. The van der Waals surface area contributed by atoms with Crippen LogP contribution in [0.15, 0.2) is 0 Å². The second-order valence-corrected chi connectivity index (χ2v) is 5.34. The molecule has 6 heteroatoms. The molecule has 0 aromatic carbocycles. The zero-order valence-electron chi connectivity index (χ0n) is 12.9. The summed E-state index contributed by atoms with van der Waals surface area (Å²) in [6, 6.07) is 0.932. The molecule has 1 aliphatic rings. The number of anilines is 2. The fraction of sp³-hybridized carbons (Fsp3) is 0.786. The van der Waals surface area contributed by atoms with E-state index in [4.69, 9.17) is 4.74 Å². The molecular weight excluding hydrogens is 254 g/mol. The number of rotatable bonds is 6. The van der Waals surface area contributed by atoms with Crippen molar-refractivity contribution in [1.29, 1.82) is 0 Å². The van der Waals surface area contributed by atoms with E-state index in [2.05, 4.69) is 32.1 Å². The minimum absolute atomic E-state index is 0.0558. The lowest BCUT2D eigenvalue weighted by Gasteiger charge is -2.24. The Balaban J connectivity index is 2.28. The summed E-state index contributed by atoms with van der Waals surface area (Å²) in [6.45, 7) is 9.97. The topological polar surface area (TPSA) is 63.2 Å². The van der Waals surface area contributed by atoms with Gasteiger partial charge in [0.25, 0.3) is 0 Å². The smallest absolute Gasteiger partial charge is 0.323 e. The molecule has 1 unspecified atom stereocenters. The molecule has 6 nitrogen and oxygen atoms in total. The van der Waals surface area contributed by atoms with E-state index >= 15 is 0 Å². The van der Waals surface area contributed by atoms with Gasteiger partial charge in [-0.1, -0.05) is 6.92 Å². The van der Waals surface area contributed by atoms with Crippen molar-refractivity contribution >= 4 is 11.9 Å². The molecule has 1 aromatic heterocycles. The molecule has 20 heavy (non-hydrogen) atoms. The predicted octanol–water partition coefficient (Wildman–Crippen LogP) is 2.47. The van der Waals surface area contributed by atoms with Crippen molar-refractivity contribution in [1.82, 2.24) is 15.0 Å². The van der Waals surface area contributed by atoms with Crippen molar-refractivity contribution in [2.45, 2.75) is 59.1 Å². The Labute approximate surface area is 121 Å². The van der Waals surface area contributed by atoms with Gasteiger partial charge in [0.05, 0.1) is 6.10 Å². The van der Waals surface area contributed by atoms with Gasteiger partial charge in [-0.15, -0.1) is 0 Å². The number of aromatic nitrogens is 3. The van der Waals surface area contributed by atoms with E-state index in [1.807, 2.05) is 20.8 Å². The number of nitrogens with zero attached hydrogens (tertiary/aromatic N) is 4. The van der Waals surface area contributed by atoms with Gasteiger partial charge in [-0.3, -0.25) is 0 Å². The zero-order valence-corrected chi connectivity index (χ0v) is 12.9. The van der Waals surface area contributed by atoms with Crippen molar-refractivity contribution in [3.63, 3.8) is 0 Å². The van der Waals surface area contributed by atoms with E-state index in [0.29, 0.717) is 18.0 Å². The standard InChI is InChI=1S/C14H25N5O/c1-5-11-8-7-9-19(11)13-16-12(15-6-2)17-14(18-13)20-10(3)4/h10-11H,5-9H2,1-4H3,(H,15,16,17,18). The number of nitrogens with one attached hydrogen (secondary N) is 1. The Morgan fingerprint density at radius 1 is 1.30 bits per heavy atom. The Bertz CT molecular complexity index is 438. The van der Waals surface area contributed by atoms with Crippen LogP contribution in [-0.2, 0) is 0 Å². The Hall–Kier alpha value is -1.59. The van der Waals surface area contributed by atoms with Gasteiger partial charge in [0.1, 0.15) is 0 Å². The summed E-state index contributed by atoms with van der Waals surface area (Å²) in [5.74, 6) is 1.32. The molecule has 2 heterocycles. The lowest BCUT2D eigenvalue weighted by atomic mass is 10.2. The summed E-state index contributed by atoms with van der Waals surface area (Å²) in [6.07, 6.45) is 3.57. The Morgan fingerprint density at radius 3 is 2.75 bits per heavy atom. The molecule has 1 N–H and O–H groups in total. The van der Waals surface area contributed by atoms with Crippen molar-refractivity contribution in [2.24, 2.45) is 0 Å². The highest BCUT2D eigenvalue weighted by atomic mass is 16.5. The molecule has 0 spiro atoms. The second-order valence-electron chi connectivity index (χ2n) is 5.34. The summed E-state index contributed by atoms with van der Waals surface area (Å²) in [7, 11) is 0. The van der Waals surface area contributed by atoms with Crippen LogP contribution in [0.5, 0.6) is 6.01 Å². The van der Waals surface area contributed by atoms with Crippen LogP contribution in [0.2, 0.25) is 0 Å². The van der Waals surface area contributed by atoms with Crippen LogP contribution in [0.4, 0.5) is 11.9 Å². The monoisotopic (exact) mass is 279 g/mol. The molecular formula is C14H25N5O. The molecule has 112 valence electrons. The SMILES string of the molecule is CCNc1nc(OC(C)C)nc(N2CCCC2CC)n1. The highest BCUT2D eigenvalue weighted by molar-refractivity contribution is 5.40. The molecule has 1 aromatic rings. The first-order valence-electron chi connectivity index (χ1n) is 7.57. The maximum atomic E-state index is 5.64. The number of ether oxygens (including phenoxy) is 1. The highest BCUT2D eigenvalue weighted by Crippen LogP contribution is 2.26. The van der Waals surface area contributed by atoms with E-state index in [9.17, 15) is 0 Å². The minimum Gasteiger partial charge on any atom is -0.461 e. The van der Waals surface area contributed by atoms with Gasteiger partial charge >= 0.3 is 6.01 Å². The van der Waals surface area contributed by atoms with Crippen LogP contribution < -0.4 is 15.0 Å². The lowest BCUT2D eigenvalue weighted by Crippen LogP contribution is -2.30. The van der Waals surface area contributed by atoms with Crippen LogP contribution in [0.1, 0.15) is 47.0 Å². The fourth-order valence-electron chi connectivity index (χ4n) is 2.50. The van der Waals surface area contributed by atoms with E-state index < -0.39 is 0 Å². The highest BCUT2D eigenvalue weighted by Gasteiger charge is 2.26. The van der Waals surface area contributed by atoms with Gasteiger partial charge in [-0.25, -0.2) is 0 Å². The molecule has 0 aliphatic carbocycles. The molecule has 0 saturated carbocycles. The van der Waals surface area contributed by atoms with E-state index in [0.717, 1.165) is 25.5 Å². The fourth-order valence-corrected chi connectivity index (χ4v) is 2.50. The third-order valence-corrected chi connectivity index (χ3v) is 3.38. The summed E-state index contributed by atoms with van der Waals surface area (Å²) < 4.78 is 5.64. The van der Waals surface area contributed by atoms with E-state index in [-0.39, 0.29) is 6.10 Å². The van der Waals surface area contributed by atoms with Crippen LogP contribution in [0.3, 0.4) is 0 Å². The van der Waals surface area contributed by atoms with Crippen LogP contribution in [-0.4, -0.2) is 40.2 Å². The third kappa shape index (κ3) is 3.49. The minimum atomic E-state index is 0.0558. The summed E-state index contributed by atoms with van der Waals surface area (Å²) in [4.78, 5) is 15.6. The van der Waals surface area contributed by atoms with Crippen molar-refractivity contribution in [3.8, 4) is 6.01 Å². The summed E-state index contributed by atoms with van der Waals surface area (Å²) >= 11 is 0. The maximum absolute atomic E-state index is 5.64. The van der Waals surface area contributed by atoms with Crippen LogP contribution in [0, 0.1) is 0 Å². The molecule has 1 aliphatic heterocycles. The van der Waals surface area contributed by atoms with Crippen molar-refractivity contribution < 1.29 is 4.74 Å². The normalized spacial score (nSPS) is 18.6. The van der Waals surface area contributed by atoms with Gasteiger partial charge in [0.2, 0.25) is 11.9 Å². The zero-order chi connectivity index (χ0) is 14.5. The van der Waals surface area contributed by atoms with Gasteiger partial charge in [0.15, 0.2) is 0 Å². The van der Waals surface area contributed by atoms with Crippen molar-refractivity contribution in [3.05, 3.63) is 0 Å². The Kier molecular flexibility index (Phi) is 4.98. The Morgan fingerprint density at radius 2 is 2.10 bits per heavy atom. The summed E-state index contributed by atoms with van der Waals surface area (Å²) in [5, 5.41) is 3.15. The maximum Gasteiger partial charge on any atom is 0.323 e. The first-order chi connectivity index (χ1) is 9.63. The molecule has 0 bridgehead atoms. The van der Waals surface area contributed by atoms with Gasteiger partial charge in [-0.2, -0.15) is 15.0 Å². The molecule has 0 amide bonds. The van der Waals surface area contributed by atoms with Gasteiger partial charge < -0.3 is 15.0 Å². The first kappa shape index (κ1) is 14.8. The molecule has 0 radical (unpaired) electrons. The molecule has 2 rings (SSSR count). The molecule has 1 saturated heterocycles. The van der Waals surface area contributed by atoms with Crippen LogP contribution >= 0.6 is 0 Å². The third-order valence-electron chi connectivity index (χ3n) is 3.38. The molecule has 1 atom stereocenters. The average Bonchev–Trinajstić information content (AvgIpc) is 2.86. The number of hydrogen-bond donors (Lipinski definition) is 1. The van der Waals surface area contributed by atoms with Gasteiger partial charge in [-0.05, 0) is 40.0 Å². The van der Waals surface area contributed by atoms with Crippen LogP contribution in [0.25, 0.3) is 0 Å². The quantitative estimate of drug-likeness (QED) is 0.863. The van der Waals surface area contributed by atoms with E-state index in [1.165, 1.54) is 12.8 Å². The van der Waals surface area contributed by atoms with E-state index in [1.54, 1.807) is 0 Å². The average molecular weight is 279 g/mol. The number of hydrogen-bond acceptors (Lipinski definition) is 6.